The largest absolute Gasteiger partial charge is 0.378 e. The molecule has 0 N–H and O–H groups in total. The van der Waals surface area contributed by atoms with E-state index in [9.17, 15) is 4.79 Å². The molecule has 33 heavy (non-hydrogen) atoms. The molecule has 1 saturated heterocycles. The van der Waals surface area contributed by atoms with E-state index in [4.69, 9.17) is 4.74 Å². The number of carbonyl (C=O) groups excluding carboxylic acids is 1. The van der Waals surface area contributed by atoms with Crippen LogP contribution in [0.1, 0.15) is 74.4 Å². The van der Waals surface area contributed by atoms with Gasteiger partial charge in [0.05, 0.1) is 18.8 Å². The number of hydrogen-bond donors (Lipinski definition) is 0. The maximum atomic E-state index is 14.4. The summed E-state index contributed by atoms with van der Waals surface area (Å²) in [5, 5.41) is 0. The summed E-state index contributed by atoms with van der Waals surface area (Å²) < 4.78 is 5.56. The molecule has 1 atom stereocenters. The fourth-order valence-corrected chi connectivity index (χ4v) is 4.91. The van der Waals surface area contributed by atoms with Crippen LogP contribution >= 0.6 is 0 Å². The lowest BCUT2D eigenvalue weighted by molar-refractivity contribution is 0.0596. The summed E-state index contributed by atoms with van der Waals surface area (Å²) in [5.74, 6) is 0.739. The maximum Gasteiger partial charge on any atom is 0.185 e. The second kappa shape index (κ2) is 11.8. The van der Waals surface area contributed by atoms with Gasteiger partial charge in [0.25, 0.3) is 0 Å². The lowest BCUT2D eigenvalue weighted by Crippen LogP contribution is -2.55. The van der Waals surface area contributed by atoms with Crippen LogP contribution in [0.3, 0.4) is 0 Å². The number of ketones is 1. The molecule has 0 aliphatic carbocycles. The van der Waals surface area contributed by atoms with Gasteiger partial charge in [-0.25, -0.2) is 0 Å². The minimum Gasteiger partial charge on any atom is -0.378 e. The van der Waals surface area contributed by atoms with Crippen molar-refractivity contribution < 1.29 is 9.53 Å². The molecular weight excluding hydrogens is 408 g/mol. The average Bonchev–Trinajstić information content (AvgIpc) is 2.86. The van der Waals surface area contributed by atoms with Crippen molar-refractivity contribution in [1.82, 2.24) is 4.90 Å². The van der Waals surface area contributed by atoms with Crippen molar-refractivity contribution in [3.63, 3.8) is 0 Å². The Kier molecular flexibility index (Phi) is 9.10. The van der Waals surface area contributed by atoms with Crippen molar-refractivity contribution in [3.05, 3.63) is 65.2 Å². The Bertz CT molecular complexity index is 887. The van der Waals surface area contributed by atoms with Crippen molar-refractivity contribution in [3.8, 4) is 0 Å². The van der Waals surface area contributed by atoms with Crippen LogP contribution in [0.15, 0.2) is 48.5 Å². The van der Waals surface area contributed by atoms with Crippen LogP contribution in [-0.2, 0) is 11.2 Å². The van der Waals surface area contributed by atoms with Gasteiger partial charge in [-0.05, 0) is 62.0 Å². The molecule has 4 heteroatoms. The van der Waals surface area contributed by atoms with E-state index in [1.807, 2.05) is 18.2 Å². The number of para-hydroxylation sites is 1. The van der Waals surface area contributed by atoms with Crippen LogP contribution in [0.4, 0.5) is 5.69 Å². The Morgan fingerprint density at radius 2 is 1.73 bits per heavy atom. The maximum absolute atomic E-state index is 14.4. The van der Waals surface area contributed by atoms with E-state index in [0.29, 0.717) is 19.1 Å². The number of likely N-dealkylation sites (N-methyl/N-ethyl adjacent to an activating group) is 1. The molecule has 0 radical (unpaired) electrons. The zero-order valence-electron chi connectivity index (χ0n) is 21.3. The molecule has 1 unspecified atom stereocenters. The molecule has 0 bridgehead atoms. The van der Waals surface area contributed by atoms with Crippen LogP contribution < -0.4 is 4.90 Å². The molecular formula is C29H42N2O2. The van der Waals surface area contributed by atoms with Crippen LogP contribution in [0.5, 0.6) is 0 Å². The monoisotopic (exact) mass is 450 g/mol. The standard InChI is InChI=1S/C29H42N2O2/c1-6-8-17-30(5)29(7-2,22-24-13-15-25(16-14-24)23(3)4)28(32)26-11-9-10-12-27(26)31-18-20-33-21-19-31/h9-16,23H,6-8,17-22H2,1-5H3. The van der Waals surface area contributed by atoms with Gasteiger partial charge in [-0.3, -0.25) is 9.69 Å². The highest BCUT2D eigenvalue weighted by Gasteiger charge is 2.42. The molecule has 3 rings (SSSR count). The SMILES string of the molecule is CCCCN(C)C(CC)(Cc1ccc(C(C)C)cc1)C(=O)c1ccccc1N1CCOCC1. The molecule has 0 spiro atoms. The Balaban J connectivity index is 2.01. The molecule has 2 aromatic carbocycles. The van der Waals surface area contributed by atoms with Gasteiger partial charge in [0, 0.05) is 24.3 Å². The predicted molar refractivity (Wildman–Crippen MR) is 139 cm³/mol. The predicted octanol–water partition coefficient (Wildman–Crippen LogP) is 5.95. The number of Topliss-reactive ketones (excluding diaryl/α,β-unsaturated/α-hetero) is 1. The zero-order chi connectivity index (χ0) is 23.8. The summed E-state index contributed by atoms with van der Waals surface area (Å²) in [4.78, 5) is 19.1. The van der Waals surface area contributed by atoms with Crippen molar-refractivity contribution in [2.75, 3.05) is 44.8 Å². The Labute approximate surface area is 200 Å². The van der Waals surface area contributed by atoms with E-state index in [-0.39, 0.29) is 5.78 Å². The first kappa shape index (κ1) is 25.5. The molecule has 4 nitrogen and oxygen atoms in total. The number of hydrogen-bond acceptors (Lipinski definition) is 4. The lowest BCUT2D eigenvalue weighted by Gasteiger charge is -2.41. The number of nitrogens with zero attached hydrogens (tertiary/aromatic N) is 2. The molecule has 1 aliphatic rings. The number of rotatable bonds is 11. The van der Waals surface area contributed by atoms with Crippen LogP contribution in [-0.4, -0.2) is 56.1 Å². The summed E-state index contributed by atoms with van der Waals surface area (Å²) in [6.45, 7) is 12.8. The van der Waals surface area contributed by atoms with Crippen LogP contribution in [0.25, 0.3) is 0 Å². The van der Waals surface area contributed by atoms with Gasteiger partial charge < -0.3 is 9.64 Å². The van der Waals surface area contributed by atoms with Gasteiger partial charge >= 0.3 is 0 Å². The Morgan fingerprint density at radius 3 is 2.33 bits per heavy atom. The smallest absolute Gasteiger partial charge is 0.185 e. The summed E-state index contributed by atoms with van der Waals surface area (Å²) in [7, 11) is 2.14. The summed E-state index contributed by atoms with van der Waals surface area (Å²) >= 11 is 0. The molecule has 180 valence electrons. The molecule has 2 aromatic rings. The average molecular weight is 451 g/mol. The van der Waals surface area contributed by atoms with E-state index in [1.165, 1.54) is 11.1 Å². The molecule has 0 aromatic heterocycles. The number of ether oxygens (including phenoxy) is 1. The quantitative estimate of drug-likeness (QED) is 0.396. The molecule has 0 saturated carbocycles. The van der Waals surface area contributed by atoms with E-state index in [2.05, 4.69) is 74.9 Å². The topological polar surface area (TPSA) is 32.8 Å². The van der Waals surface area contributed by atoms with E-state index >= 15 is 0 Å². The molecule has 1 aliphatic heterocycles. The van der Waals surface area contributed by atoms with Crippen molar-refractivity contribution in [2.45, 2.75) is 64.8 Å². The number of anilines is 1. The van der Waals surface area contributed by atoms with Gasteiger partial charge in [0.1, 0.15) is 0 Å². The van der Waals surface area contributed by atoms with E-state index < -0.39 is 5.54 Å². The molecule has 1 fully saturated rings. The van der Waals surface area contributed by atoms with Gasteiger partial charge in [-0.15, -0.1) is 0 Å². The van der Waals surface area contributed by atoms with Gasteiger partial charge in [0.15, 0.2) is 5.78 Å². The fraction of sp³-hybridized carbons (Fsp3) is 0.552. The Hall–Kier alpha value is -2.17. The van der Waals surface area contributed by atoms with Gasteiger partial charge in [0.2, 0.25) is 0 Å². The third-order valence-electron chi connectivity index (χ3n) is 7.23. The first-order valence-corrected chi connectivity index (χ1v) is 12.7. The lowest BCUT2D eigenvalue weighted by atomic mass is 9.79. The minimum atomic E-state index is -0.573. The van der Waals surface area contributed by atoms with Gasteiger partial charge in [-0.1, -0.05) is 70.5 Å². The first-order chi connectivity index (χ1) is 15.9. The van der Waals surface area contributed by atoms with Crippen molar-refractivity contribution in [2.24, 2.45) is 0 Å². The van der Waals surface area contributed by atoms with Crippen LogP contribution in [0.2, 0.25) is 0 Å². The van der Waals surface area contributed by atoms with E-state index in [0.717, 1.165) is 56.6 Å². The molecule has 0 amide bonds. The summed E-state index contributed by atoms with van der Waals surface area (Å²) in [5.41, 5.74) is 3.87. The minimum absolute atomic E-state index is 0.235. The highest BCUT2D eigenvalue weighted by atomic mass is 16.5. The van der Waals surface area contributed by atoms with Crippen molar-refractivity contribution >= 4 is 11.5 Å². The third kappa shape index (κ3) is 5.85. The fourth-order valence-electron chi connectivity index (χ4n) is 4.91. The number of benzene rings is 2. The highest BCUT2D eigenvalue weighted by molar-refractivity contribution is 6.07. The summed E-state index contributed by atoms with van der Waals surface area (Å²) in [6.07, 6.45) is 3.70. The van der Waals surface area contributed by atoms with Gasteiger partial charge in [-0.2, -0.15) is 0 Å². The second-order valence-electron chi connectivity index (χ2n) is 9.68. The highest BCUT2D eigenvalue weighted by Crippen LogP contribution is 2.33. The van der Waals surface area contributed by atoms with Crippen LogP contribution in [0, 0.1) is 0 Å². The summed E-state index contributed by atoms with van der Waals surface area (Å²) in [6, 6.07) is 17.0. The van der Waals surface area contributed by atoms with Crippen molar-refractivity contribution in [1.29, 1.82) is 0 Å². The molecule has 1 heterocycles. The zero-order valence-corrected chi connectivity index (χ0v) is 21.3. The van der Waals surface area contributed by atoms with E-state index in [1.54, 1.807) is 0 Å². The normalized spacial score (nSPS) is 16.3. The number of unbranched alkanes of at least 4 members (excludes halogenated alkanes) is 1. The Morgan fingerprint density at radius 1 is 1.06 bits per heavy atom. The second-order valence-corrected chi connectivity index (χ2v) is 9.68. The third-order valence-corrected chi connectivity index (χ3v) is 7.23. The number of carbonyl (C=O) groups is 1. The first-order valence-electron chi connectivity index (χ1n) is 12.7. The number of morpholine rings is 1.